The van der Waals surface area contributed by atoms with Crippen molar-refractivity contribution in [2.24, 2.45) is 5.84 Å². The number of nitrogens with zero attached hydrogens (tertiary/aromatic N) is 2. The second-order valence-corrected chi connectivity index (χ2v) is 2.05. The zero-order chi connectivity index (χ0) is 6.69. The molecular weight excluding hydrogens is 114 g/mol. The van der Waals surface area contributed by atoms with Gasteiger partial charge in [-0.15, -0.1) is 0 Å². The lowest BCUT2D eigenvalue weighted by Gasteiger charge is -2.21. The molecule has 1 aliphatic heterocycles. The summed E-state index contributed by atoms with van der Waals surface area (Å²) in [6.45, 7) is 0.693. The molecule has 3 nitrogen and oxygen atoms in total. The maximum atomic E-state index is 8.46. The number of hydrogen-bond donors (Lipinski definition) is 1. The van der Waals surface area contributed by atoms with Crippen molar-refractivity contribution in [1.82, 2.24) is 5.01 Å². The average molecular weight is 123 g/mol. The second-order valence-electron chi connectivity index (χ2n) is 2.05. The van der Waals surface area contributed by atoms with Crippen LogP contribution in [-0.2, 0) is 0 Å². The van der Waals surface area contributed by atoms with Gasteiger partial charge in [0.15, 0.2) is 0 Å². The molecule has 1 unspecified atom stereocenters. The Morgan fingerprint density at radius 2 is 2.44 bits per heavy atom. The van der Waals surface area contributed by atoms with Crippen LogP contribution in [0.2, 0.25) is 0 Å². The Morgan fingerprint density at radius 1 is 1.67 bits per heavy atom. The Kier molecular flexibility index (Phi) is 1.83. The molecule has 0 radical (unpaired) electrons. The van der Waals surface area contributed by atoms with Crippen LogP contribution in [0.1, 0.15) is 6.42 Å². The van der Waals surface area contributed by atoms with Gasteiger partial charge in [0, 0.05) is 6.54 Å². The highest BCUT2D eigenvalue weighted by Crippen LogP contribution is 2.04. The first-order valence-electron chi connectivity index (χ1n) is 2.90. The van der Waals surface area contributed by atoms with Gasteiger partial charge in [-0.3, -0.25) is 5.84 Å². The molecule has 0 aromatic carbocycles. The molecule has 1 heterocycles. The number of hydrazine groups is 1. The Balaban J connectivity index is 2.55. The minimum Gasteiger partial charge on any atom is -0.267 e. The Bertz CT molecular complexity index is 156. The third-order valence-electron chi connectivity index (χ3n) is 1.39. The minimum atomic E-state index is -0.116. The summed E-state index contributed by atoms with van der Waals surface area (Å²) in [5.74, 6) is 5.45. The van der Waals surface area contributed by atoms with Gasteiger partial charge in [0.1, 0.15) is 6.04 Å². The lowest BCUT2D eigenvalue weighted by molar-refractivity contribution is 0.258. The highest BCUT2D eigenvalue weighted by atomic mass is 15.4. The lowest BCUT2D eigenvalue weighted by Crippen LogP contribution is -2.41. The Morgan fingerprint density at radius 3 is 2.89 bits per heavy atom. The summed E-state index contributed by atoms with van der Waals surface area (Å²) in [5, 5.41) is 10.00. The van der Waals surface area contributed by atoms with E-state index in [2.05, 4.69) is 6.07 Å². The maximum Gasteiger partial charge on any atom is 0.114 e. The normalized spacial score (nSPS) is 27.8. The van der Waals surface area contributed by atoms with E-state index in [4.69, 9.17) is 11.1 Å². The van der Waals surface area contributed by atoms with Gasteiger partial charge in [-0.1, -0.05) is 12.2 Å². The van der Waals surface area contributed by atoms with Gasteiger partial charge in [0.25, 0.3) is 0 Å². The van der Waals surface area contributed by atoms with E-state index in [1.54, 1.807) is 5.01 Å². The molecule has 0 aromatic heterocycles. The van der Waals surface area contributed by atoms with Gasteiger partial charge >= 0.3 is 0 Å². The van der Waals surface area contributed by atoms with E-state index in [0.29, 0.717) is 6.54 Å². The quantitative estimate of drug-likeness (QED) is 0.365. The first-order valence-corrected chi connectivity index (χ1v) is 2.90. The predicted molar refractivity (Wildman–Crippen MR) is 34.1 cm³/mol. The van der Waals surface area contributed by atoms with Crippen LogP contribution in [0.15, 0.2) is 12.2 Å². The molecular formula is C6H9N3. The molecule has 0 spiro atoms. The maximum absolute atomic E-state index is 8.46. The fraction of sp³-hybridized carbons (Fsp3) is 0.500. The summed E-state index contributed by atoms with van der Waals surface area (Å²) in [6.07, 6.45) is 4.71. The third-order valence-corrected chi connectivity index (χ3v) is 1.39. The molecule has 0 amide bonds. The number of hydrogen-bond acceptors (Lipinski definition) is 3. The molecule has 0 aromatic rings. The molecule has 2 N–H and O–H groups in total. The van der Waals surface area contributed by atoms with E-state index in [1.165, 1.54) is 0 Å². The SMILES string of the molecule is N#CC1CC=CCN1N. The molecule has 0 fully saturated rings. The summed E-state index contributed by atoms with van der Waals surface area (Å²) >= 11 is 0. The summed E-state index contributed by atoms with van der Waals surface area (Å²) < 4.78 is 0. The lowest BCUT2D eigenvalue weighted by atomic mass is 10.1. The highest BCUT2D eigenvalue weighted by molar-refractivity contribution is 5.02. The van der Waals surface area contributed by atoms with E-state index in [-0.39, 0.29) is 6.04 Å². The highest BCUT2D eigenvalue weighted by Gasteiger charge is 2.13. The van der Waals surface area contributed by atoms with E-state index in [9.17, 15) is 0 Å². The van der Waals surface area contributed by atoms with Crippen molar-refractivity contribution in [1.29, 1.82) is 5.26 Å². The fourth-order valence-electron chi connectivity index (χ4n) is 0.811. The number of nitriles is 1. The topological polar surface area (TPSA) is 53.0 Å². The fourth-order valence-corrected chi connectivity index (χ4v) is 0.811. The molecule has 48 valence electrons. The average Bonchev–Trinajstić information content (AvgIpc) is 1.89. The van der Waals surface area contributed by atoms with E-state index in [1.807, 2.05) is 12.2 Å². The Labute approximate surface area is 54.3 Å². The van der Waals surface area contributed by atoms with Gasteiger partial charge in [-0.05, 0) is 6.42 Å². The molecule has 1 atom stereocenters. The summed E-state index contributed by atoms with van der Waals surface area (Å²) in [5.41, 5.74) is 0. The van der Waals surface area contributed by atoms with E-state index in [0.717, 1.165) is 6.42 Å². The molecule has 0 bridgehead atoms. The first-order chi connectivity index (χ1) is 4.34. The van der Waals surface area contributed by atoms with Crippen molar-refractivity contribution in [2.75, 3.05) is 6.54 Å². The molecule has 1 rings (SSSR count). The largest absolute Gasteiger partial charge is 0.267 e. The molecule has 0 aliphatic carbocycles. The van der Waals surface area contributed by atoms with E-state index >= 15 is 0 Å². The van der Waals surface area contributed by atoms with Gasteiger partial charge in [0.2, 0.25) is 0 Å². The van der Waals surface area contributed by atoms with Crippen LogP contribution < -0.4 is 5.84 Å². The van der Waals surface area contributed by atoms with Crippen LogP contribution in [0.5, 0.6) is 0 Å². The van der Waals surface area contributed by atoms with Gasteiger partial charge in [0.05, 0.1) is 6.07 Å². The molecule has 1 aliphatic rings. The zero-order valence-electron chi connectivity index (χ0n) is 5.12. The van der Waals surface area contributed by atoms with Crippen molar-refractivity contribution in [2.45, 2.75) is 12.5 Å². The van der Waals surface area contributed by atoms with Crippen molar-refractivity contribution in [3.63, 3.8) is 0 Å². The van der Waals surface area contributed by atoms with Crippen LogP contribution in [0.3, 0.4) is 0 Å². The summed E-state index contributed by atoms with van der Waals surface area (Å²) in [4.78, 5) is 0. The van der Waals surface area contributed by atoms with Gasteiger partial charge in [-0.2, -0.15) is 5.26 Å². The predicted octanol–water partition coefficient (Wildman–Crippen LogP) is 0.0142. The molecule has 0 saturated carbocycles. The van der Waals surface area contributed by atoms with Crippen molar-refractivity contribution in [3.05, 3.63) is 12.2 Å². The van der Waals surface area contributed by atoms with Crippen LogP contribution in [0.4, 0.5) is 0 Å². The smallest absolute Gasteiger partial charge is 0.114 e. The monoisotopic (exact) mass is 123 g/mol. The van der Waals surface area contributed by atoms with Crippen molar-refractivity contribution >= 4 is 0 Å². The van der Waals surface area contributed by atoms with Crippen LogP contribution in [0.25, 0.3) is 0 Å². The summed E-state index contributed by atoms with van der Waals surface area (Å²) in [7, 11) is 0. The molecule has 9 heavy (non-hydrogen) atoms. The second kappa shape index (κ2) is 2.62. The van der Waals surface area contributed by atoms with Crippen LogP contribution >= 0.6 is 0 Å². The van der Waals surface area contributed by atoms with Crippen molar-refractivity contribution in [3.8, 4) is 6.07 Å². The molecule has 3 heteroatoms. The van der Waals surface area contributed by atoms with Gasteiger partial charge < -0.3 is 0 Å². The van der Waals surface area contributed by atoms with Gasteiger partial charge in [-0.25, -0.2) is 5.01 Å². The minimum absolute atomic E-state index is 0.116. The number of nitrogens with two attached hydrogens (primary N) is 1. The van der Waals surface area contributed by atoms with E-state index < -0.39 is 0 Å². The van der Waals surface area contributed by atoms with Crippen molar-refractivity contribution < 1.29 is 0 Å². The zero-order valence-corrected chi connectivity index (χ0v) is 5.12. The third kappa shape index (κ3) is 1.28. The Hall–Kier alpha value is -0.850. The standard InChI is InChI=1S/C6H9N3/c7-5-6-3-1-2-4-9(6)8/h1-2,6H,3-4,8H2. The molecule has 0 saturated heterocycles. The first kappa shape index (κ1) is 6.27. The van der Waals surface area contributed by atoms with Crippen LogP contribution in [-0.4, -0.2) is 17.6 Å². The summed E-state index contributed by atoms with van der Waals surface area (Å²) in [6, 6.07) is 1.99. The number of rotatable bonds is 0. The van der Waals surface area contributed by atoms with Crippen LogP contribution in [0, 0.1) is 11.3 Å².